The minimum Gasteiger partial charge on any atom is -0.296 e. The van der Waals surface area contributed by atoms with Crippen LogP contribution in [0.15, 0.2) is 23.6 Å². The minimum absolute atomic E-state index is 0.472. The van der Waals surface area contributed by atoms with E-state index >= 15 is 0 Å². The molecule has 0 saturated carbocycles. The van der Waals surface area contributed by atoms with Gasteiger partial charge in [-0.05, 0) is 17.7 Å². The van der Waals surface area contributed by atoms with E-state index in [1.165, 1.54) is 11.3 Å². The highest BCUT2D eigenvalue weighted by Gasteiger charge is 2.04. The Morgan fingerprint density at radius 1 is 1.31 bits per heavy atom. The molecule has 2 nitrogen and oxygen atoms in total. The molecule has 5 heteroatoms. The SMILES string of the molecule is O=Cc1csc(Cc2ccc(Cl)c(Cl)c2)n1. The average molecular weight is 272 g/mol. The van der Waals surface area contributed by atoms with E-state index in [0.29, 0.717) is 22.2 Å². The van der Waals surface area contributed by atoms with Crippen molar-refractivity contribution in [2.24, 2.45) is 0 Å². The van der Waals surface area contributed by atoms with Gasteiger partial charge in [-0.25, -0.2) is 4.98 Å². The third-order valence-electron chi connectivity index (χ3n) is 2.03. The fourth-order valence-corrected chi connectivity index (χ4v) is 2.38. The molecular weight excluding hydrogens is 265 g/mol. The van der Waals surface area contributed by atoms with Gasteiger partial charge in [0.2, 0.25) is 0 Å². The van der Waals surface area contributed by atoms with Crippen LogP contribution in [-0.4, -0.2) is 11.3 Å². The summed E-state index contributed by atoms with van der Waals surface area (Å²) < 4.78 is 0. The number of aldehydes is 1. The average Bonchev–Trinajstić information content (AvgIpc) is 2.71. The molecule has 1 aromatic heterocycles. The van der Waals surface area contributed by atoms with Gasteiger partial charge in [-0.2, -0.15) is 0 Å². The van der Waals surface area contributed by atoms with E-state index < -0.39 is 0 Å². The molecule has 0 fully saturated rings. The second kappa shape index (κ2) is 4.95. The van der Waals surface area contributed by atoms with Crippen molar-refractivity contribution in [1.29, 1.82) is 0 Å². The molecule has 0 spiro atoms. The summed E-state index contributed by atoms with van der Waals surface area (Å²) in [5.41, 5.74) is 1.50. The zero-order chi connectivity index (χ0) is 11.5. The Hall–Kier alpha value is -0.900. The lowest BCUT2D eigenvalue weighted by molar-refractivity contribution is 0.111. The second-order valence-electron chi connectivity index (χ2n) is 3.21. The number of halogens is 2. The number of hydrogen-bond acceptors (Lipinski definition) is 3. The van der Waals surface area contributed by atoms with Gasteiger partial charge in [0.15, 0.2) is 6.29 Å². The summed E-state index contributed by atoms with van der Waals surface area (Å²) in [5, 5.41) is 3.70. The smallest absolute Gasteiger partial charge is 0.169 e. The molecule has 0 atom stereocenters. The normalized spacial score (nSPS) is 10.4. The summed E-state index contributed by atoms with van der Waals surface area (Å²) in [5.74, 6) is 0. The maximum absolute atomic E-state index is 10.5. The second-order valence-corrected chi connectivity index (χ2v) is 4.97. The number of thiazole rings is 1. The quantitative estimate of drug-likeness (QED) is 0.794. The van der Waals surface area contributed by atoms with Gasteiger partial charge >= 0.3 is 0 Å². The molecule has 0 radical (unpaired) electrons. The molecule has 0 aliphatic rings. The number of aromatic nitrogens is 1. The largest absolute Gasteiger partial charge is 0.296 e. The lowest BCUT2D eigenvalue weighted by atomic mass is 10.2. The van der Waals surface area contributed by atoms with Gasteiger partial charge in [0.25, 0.3) is 0 Å². The molecule has 0 amide bonds. The highest BCUT2D eigenvalue weighted by Crippen LogP contribution is 2.24. The van der Waals surface area contributed by atoms with Crippen molar-refractivity contribution in [2.75, 3.05) is 0 Å². The summed E-state index contributed by atoms with van der Waals surface area (Å²) in [6, 6.07) is 5.47. The third kappa shape index (κ3) is 2.61. The third-order valence-corrected chi connectivity index (χ3v) is 3.64. The van der Waals surface area contributed by atoms with Gasteiger partial charge in [0.05, 0.1) is 15.1 Å². The predicted molar refractivity (Wildman–Crippen MR) is 66.8 cm³/mol. The maximum atomic E-state index is 10.5. The molecule has 0 aliphatic carbocycles. The van der Waals surface area contributed by atoms with Crippen LogP contribution >= 0.6 is 34.5 Å². The number of carbonyl (C=O) groups is 1. The molecule has 0 aliphatic heterocycles. The summed E-state index contributed by atoms with van der Waals surface area (Å²) >= 11 is 13.2. The number of rotatable bonds is 3. The summed E-state index contributed by atoms with van der Waals surface area (Å²) in [6.45, 7) is 0. The fourth-order valence-electron chi connectivity index (χ4n) is 1.28. The molecule has 1 aromatic carbocycles. The van der Waals surface area contributed by atoms with Crippen molar-refractivity contribution >= 4 is 40.8 Å². The Morgan fingerprint density at radius 3 is 2.75 bits per heavy atom. The molecule has 1 heterocycles. The van der Waals surface area contributed by atoms with Crippen LogP contribution in [0.2, 0.25) is 10.0 Å². The first-order valence-electron chi connectivity index (χ1n) is 4.52. The van der Waals surface area contributed by atoms with Gasteiger partial charge in [0.1, 0.15) is 5.69 Å². The lowest BCUT2D eigenvalue weighted by Gasteiger charge is -2.00. The van der Waals surface area contributed by atoms with E-state index in [1.807, 2.05) is 12.1 Å². The van der Waals surface area contributed by atoms with Gasteiger partial charge in [0, 0.05) is 11.8 Å². The van der Waals surface area contributed by atoms with Crippen molar-refractivity contribution < 1.29 is 4.79 Å². The van der Waals surface area contributed by atoms with Gasteiger partial charge in [-0.1, -0.05) is 29.3 Å². The van der Waals surface area contributed by atoms with Crippen molar-refractivity contribution in [1.82, 2.24) is 4.98 Å². The monoisotopic (exact) mass is 271 g/mol. The summed E-state index contributed by atoms with van der Waals surface area (Å²) in [4.78, 5) is 14.6. The molecule has 0 N–H and O–H groups in total. The van der Waals surface area contributed by atoms with Gasteiger partial charge in [-0.15, -0.1) is 11.3 Å². The van der Waals surface area contributed by atoms with Gasteiger partial charge < -0.3 is 0 Å². The van der Waals surface area contributed by atoms with E-state index in [-0.39, 0.29) is 0 Å². The molecule has 0 saturated heterocycles. The van der Waals surface area contributed by atoms with Crippen molar-refractivity contribution in [2.45, 2.75) is 6.42 Å². The molecule has 82 valence electrons. The minimum atomic E-state index is 0.472. The predicted octanol–water partition coefficient (Wildman–Crippen LogP) is 3.85. The zero-order valence-electron chi connectivity index (χ0n) is 8.11. The Labute approximate surface area is 107 Å². The van der Waals surface area contributed by atoms with Crippen LogP contribution in [0.4, 0.5) is 0 Å². The van der Waals surface area contributed by atoms with Crippen LogP contribution in [0.1, 0.15) is 21.1 Å². The molecular formula is C11H7Cl2NOS. The van der Waals surface area contributed by atoms with E-state index in [2.05, 4.69) is 4.98 Å². The summed E-state index contributed by atoms with van der Waals surface area (Å²) in [6.07, 6.45) is 1.41. The fraction of sp³-hybridized carbons (Fsp3) is 0.0909. The zero-order valence-corrected chi connectivity index (χ0v) is 10.4. The Bertz CT molecular complexity index is 524. The molecule has 16 heavy (non-hydrogen) atoms. The first-order chi connectivity index (χ1) is 7.69. The highest BCUT2D eigenvalue weighted by molar-refractivity contribution is 7.09. The van der Waals surface area contributed by atoms with E-state index in [1.54, 1.807) is 11.4 Å². The van der Waals surface area contributed by atoms with Crippen LogP contribution in [-0.2, 0) is 6.42 Å². The van der Waals surface area contributed by atoms with Crippen molar-refractivity contribution in [3.63, 3.8) is 0 Å². The molecule has 2 aromatic rings. The molecule has 2 rings (SSSR count). The number of hydrogen-bond donors (Lipinski definition) is 0. The number of carbonyl (C=O) groups excluding carboxylic acids is 1. The first-order valence-corrected chi connectivity index (χ1v) is 6.16. The first kappa shape index (κ1) is 11.6. The maximum Gasteiger partial charge on any atom is 0.169 e. The van der Waals surface area contributed by atoms with Crippen molar-refractivity contribution in [3.8, 4) is 0 Å². The summed E-state index contributed by atoms with van der Waals surface area (Å²) in [7, 11) is 0. The van der Waals surface area contributed by atoms with Crippen LogP contribution in [0, 0.1) is 0 Å². The molecule has 0 unspecified atom stereocenters. The van der Waals surface area contributed by atoms with Crippen LogP contribution in [0.25, 0.3) is 0 Å². The van der Waals surface area contributed by atoms with Gasteiger partial charge in [-0.3, -0.25) is 4.79 Å². The molecule has 0 bridgehead atoms. The van der Waals surface area contributed by atoms with Crippen LogP contribution in [0.3, 0.4) is 0 Å². The topological polar surface area (TPSA) is 30.0 Å². The lowest BCUT2D eigenvalue weighted by Crippen LogP contribution is -1.88. The number of benzene rings is 1. The van der Waals surface area contributed by atoms with E-state index in [9.17, 15) is 4.79 Å². The van der Waals surface area contributed by atoms with Crippen molar-refractivity contribution in [3.05, 3.63) is 49.9 Å². The standard InChI is InChI=1S/C11H7Cl2NOS/c12-9-2-1-7(3-10(9)13)4-11-14-8(5-15)6-16-11/h1-3,5-6H,4H2. The Kier molecular flexibility index (Phi) is 3.59. The number of nitrogens with zero attached hydrogens (tertiary/aromatic N) is 1. The van der Waals surface area contributed by atoms with E-state index in [4.69, 9.17) is 23.2 Å². The van der Waals surface area contributed by atoms with Crippen LogP contribution in [0.5, 0.6) is 0 Å². The van der Waals surface area contributed by atoms with Crippen LogP contribution < -0.4 is 0 Å². The highest BCUT2D eigenvalue weighted by atomic mass is 35.5. The van der Waals surface area contributed by atoms with E-state index in [0.717, 1.165) is 16.9 Å². The Morgan fingerprint density at radius 2 is 2.12 bits per heavy atom. The Balaban J connectivity index is 2.20.